The third-order valence-corrected chi connectivity index (χ3v) is 3.22. The van der Waals surface area contributed by atoms with Gasteiger partial charge in [-0.15, -0.1) is 0 Å². The highest BCUT2D eigenvalue weighted by Crippen LogP contribution is 2.28. The zero-order chi connectivity index (χ0) is 15.3. The molecule has 1 aliphatic heterocycles. The highest BCUT2D eigenvalue weighted by molar-refractivity contribution is 6.02. The van der Waals surface area contributed by atoms with E-state index in [0.29, 0.717) is 12.0 Å². The highest BCUT2D eigenvalue weighted by Gasteiger charge is 2.25. The molecule has 0 spiro atoms. The number of para-hydroxylation sites is 1. The topological polar surface area (TPSA) is 53.2 Å². The van der Waals surface area contributed by atoms with Crippen LogP contribution in [-0.4, -0.2) is 31.7 Å². The van der Waals surface area contributed by atoms with Gasteiger partial charge in [0.25, 0.3) is 5.91 Å². The first-order chi connectivity index (χ1) is 9.97. The summed E-state index contributed by atoms with van der Waals surface area (Å²) in [6.45, 7) is 1.75. The normalized spacial score (nSPS) is 13.9. The number of hydrogen-bond acceptors (Lipinski definition) is 3. The minimum atomic E-state index is -4.13. The van der Waals surface area contributed by atoms with Gasteiger partial charge < -0.3 is 16.0 Å². The number of carbonyl (C=O) groups is 1. The van der Waals surface area contributed by atoms with E-state index in [0.717, 1.165) is 24.5 Å². The monoisotopic (exact) mass is 301 g/mol. The number of anilines is 2. The molecule has 4 nitrogen and oxygen atoms in total. The van der Waals surface area contributed by atoms with Crippen LogP contribution in [0.4, 0.5) is 24.5 Å². The lowest BCUT2D eigenvalue weighted by Gasteiger charge is -2.22. The molecular weight excluding hydrogens is 283 g/mol. The van der Waals surface area contributed by atoms with Crippen molar-refractivity contribution in [2.24, 2.45) is 0 Å². The average molecular weight is 301 g/mol. The molecule has 7 heteroatoms. The Bertz CT molecular complexity index is 503. The average Bonchev–Trinajstić information content (AvgIpc) is 2.45. The van der Waals surface area contributed by atoms with Crippen LogP contribution in [0.2, 0.25) is 0 Å². The molecule has 1 heterocycles. The second-order valence-corrected chi connectivity index (χ2v) is 4.91. The standard InChI is InChI=1S/C14H18F3N3O/c15-14(16,17)6-1-2-7-20-13(21)10-4-3-5-11-12(10)19-9-8-18-11/h3-5,18-19H,1-2,6-9H2,(H,20,21). The fourth-order valence-corrected chi connectivity index (χ4v) is 2.21. The van der Waals surface area contributed by atoms with Crippen LogP contribution in [0.3, 0.4) is 0 Å². The molecule has 0 saturated heterocycles. The minimum absolute atomic E-state index is 0.0243. The molecule has 0 radical (unpaired) electrons. The lowest BCUT2D eigenvalue weighted by Crippen LogP contribution is -2.28. The van der Waals surface area contributed by atoms with Crippen LogP contribution in [0, 0.1) is 0 Å². The second-order valence-electron chi connectivity index (χ2n) is 4.91. The number of rotatable bonds is 5. The third kappa shape index (κ3) is 4.54. The Morgan fingerprint density at radius 2 is 1.95 bits per heavy atom. The van der Waals surface area contributed by atoms with Crippen molar-refractivity contribution < 1.29 is 18.0 Å². The Labute approximate surface area is 121 Å². The number of carbonyl (C=O) groups excluding carboxylic acids is 1. The molecule has 0 aromatic heterocycles. The maximum absolute atomic E-state index is 12.1. The summed E-state index contributed by atoms with van der Waals surface area (Å²) in [4.78, 5) is 12.1. The van der Waals surface area contributed by atoms with E-state index in [4.69, 9.17) is 0 Å². The summed E-state index contributed by atoms with van der Waals surface area (Å²) < 4.78 is 36.0. The molecule has 0 unspecified atom stereocenters. The van der Waals surface area contributed by atoms with E-state index in [-0.39, 0.29) is 18.9 Å². The van der Waals surface area contributed by atoms with Crippen molar-refractivity contribution in [2.45, 2.75) is 25.4 Å². The van der Waals surface area contributed by atoms with Crippen molar-refractivity contribution in [3.05, 3.63) is 23.8 Å². The Hall–Kier alpha value is -1.92. The Morgan fingerprint density at radius 3 is 2.71 bits per heavy atom. The Kier molecular flexibility index (Phi) is 4.93. The molecule has 0 saturated carbocycles. The number of amides is 1. The first-order valence-electron chi connectivity index (χ1n) is 6.93. The molecule has 1 aromatic rings. The number of hydrogen-bond donors (Lipinski definition) is 3. The van der Waals surface area contributed by atoms with Crippen molar-refractivity contribution in [2.75, 3.05) is 30.3 Å². The van der Waals surface area contributed by atoms with Gasteiger partial charge in [0.1, 0.15) is 0 Å². The summed E-state index contributed by atoms with van der Waals surface area (Å²) in [6.07, 6.45) is -4.60. The van der Waals surface area contributed by atoms with Crippen LogP contribution < -0.4 is 16.0 Å². The predicted octanol–water partition coefficient (Wildman–Crippen LogP) is 2.99. The molecule has 116 valence electrons. The van der Waals surface area contributed by atoms with Gasteiger partial charge in [0, 0.05) is 26.1 Å². The van der Waals surface area contributed by atoms with Gasteiger partial charge in [-0.2, -0.15) is 13.2 Å². The van der Waals surface area contributed by atoms with Crippen LogP contribution in [0.1, 0.15) is 29.6 Å². The van der Waals surface area contributed by atoms with Gasteiger partial charge in [-0.3, -0.25) is 4.79 Å². The van der Waals surface area contributed by atoms with Gasteiger partial charge in [0.15, 0.2) is 0 Å². The summed E-state index contributed by atoms with van der Waals surface area (Å²) in [6, 6.07) is 5.35. The van der Waals surface area contributed by atoms with E-state index in [9.17, 15) is 18.0 Å². The summed E-state index contributed by atoms with van der Waals surface area (Å²) in [5, 5.41) is 9.01. The van der Waals surface area contributed by atoms with Crippen molar-refractivity contribution >= 4 is 17.3 Å². The van der Waals surface area contributed by atoms with E-state index in [1.807, 2.05) is 6.07 Å². The van der Waals surface area contributed by atoms with Crippen LogP contribution in [0.5, 0.6) is 0 Å². The summed E-state index contributed by atoms with van der Waals surface area (Å²) in [5.74, 6) is -0.268. The van der Waals surface area contributed by atoms with E-state index in [1.54, 1.807) is 12.1 Å². The molecule has 0 bridgehead atoms. The number of benzene rings is 1. The smallest absolute Gasteiger partial charge is 0.382 e. The molecule has 2 rings (SSSR count). The first kappa shape index (κ1) is 15.5. The van der Waals surface area contributed by atoms with E-state index < -0.39 is 12.6 Å². The second kappa shape index (κ2) is 6.69. The maximum Gasteiger partial charge on any atom is 0.389 e. The number of fused-ring (bicyclic) bond motifs is 1. The molecule has 1 aromatic carbocycles. The van der Waals surface area contributed by atoms with Gasteiger partial charge in [-0.05, 0) is 25.0 Å². The fraction of sp³-hybridized carbons (Fsp3) is 0.500. The van der Waals surface area contributed by atoms with Crippen LogP contribution in [0.15, 0.2) is 18.2 Å². The molecule has 0 fully saturated rings. The van der Waals surface area contributed by atoms with Gasteiger partial charge in [-0.1, -0.05) is 6.07 Å². The molecule has 1 aliphatic rings. The number of alkyl halides is 3. The van der Waals surface area contributed by atoms with Crippen LogP contribution in [-0.2, 0) is 0 Å². The SMILES string of the molecule is O=C(NCCCCC(F)(F)F)c1cccc2c1NCCN2. The summed E-state index contributed by atoms with van der Waals surface area (Å²) in [7, 11) is 0. The quantitative estimate of drug-likeness (QED) is 0.733. The van der Waals surface area contributed by atoms with Crippen molar-refractivity contribution in [3.63, 3.8) is 0 Å². The number of unbranched alkanes of at least 4 members (excludes halogenated alkanes) is 1. The van der Waals surface area contributed by atoms with Gasteiger partial charge in [0.2, 0.25) is 0 Å². The largest absolute Gasteiger partial charge is 0.389 e. The fourth-order valence-electron chi connectivity index (χ4n) is 2.21. The van der Waals surface area contributed by atoms with Gasteiger partial charge in [0.05, 0.1) is 16.9 Å². The zero-order valence-corrected chi connectivity index (χ0v) is 11.5. The summed E-state index contributed by atoms with van der Waals surface area (Å²) >= 11 is 0. The van der Waals surface area contributed by atoms with E-state index >= 15 is 0 Å². The lowest BCUT2D eigenvalue weighted by atomic mass is 10.1. The van der Waals surface area contributed by atoms with Crippen molar-refractivity contribution in [1.29, 1.82) is 0 Å². The van der Waals surface area contributed by atoms with E-state index in [1.165, 1.54) is 0 Å². The highest BCUT2D eigenvalue weighted by atomic mass is 19.4. The molecule has 3 N–H and O–H groups in total. The third-order valence-electron chi connectivity index (χ3n) is 3.22. The first-order valence-corrected chi connectivity index (χ1v) is 6.93. The Balaban J connectivity index is 1.84. The number of nitrogens with one attached hydrogen (secondary N) is 3. The summed E-state index contributed by atoms with van der Waals surface area (Å²) in [5.41, 5.74) is 2.12. The van der Waals surface area contributed by atoms with Crippen molar-refractivity contribution in [1.82, 2.24) is 5.32 Å². The molecule has 0 aliphatic carbocycles. The lowest BCUT2D eigenvalue weighted by molar-refractivity contribution is -0.135. The van der Waals surface area contributed by atoms with Gasteiger partial charge in [-0.25, -0.2) is 0 Å². The zero-order valence-electron chi connectivity index (χ0n) is 11.5. The van der Waals surface area contributed by atoms with Crippen LogP contribution >= 0.6 is 0 Å². The number of halogens is 3. The Morgan fingerprint density at radius 1 is 1.19 bits per heavy atom. The minimum Gasteiger partial charge on any atom is -0.382 e. The molecule has 21 heavy (non-hydrogen) atoms. The van der Waals surface area contributed by atoms with Crippen molar-refractivity contribution in [3.8, 4) is 0 Å². The van der Waals surface area contributed by atoms with Gasteiger partial charge >= 0.3 is 6.18 Å². The van der Waals surface area contributed by atoms with Crippen LogP contribution in [0.25, 0.3) is 0 Å². The molecule has 1 amide bonds. The predicted molar refractivity (Wildman–Crippen MR) is 75.7 cm³/mol. The maximum atomic E-state index is 12.1. The van der Waals surface area contributed by atoms with E-state index in [2.05, 4.69) is 16.0 Å². The molecule has 0 atom stereocenters. The molecular formula is C14H18F3N3O.